The lowest BCUT2D eigenvalue weighted by atomic mass is 9.85. The van der Waals surface area contributed by atoms with Gasteiger partial charge in [-0.2, -0.15) is 0 Å². The van der Waals surface area contributed by atoms with Crippen molar-refractivity contribution in [2.45, 2.75) is 45.4 Å². The van der Waals surface area contributed by atoms with Crippen molar-refractivity contribution in [3.8, 4) is 11.5 Å². The highest BCUT2D eigenvalue weighted by Gasteiger charge is 2.22. The monoisotopic (exact) mass is 394 g/mol. The van der Waals surface area contributed by atoms with E-state index in [0.29, 0.717) is 6.42 Å². The summed E-state index contributed by atoms with van der Waals surface area (Å²) in [5.74, 6) is 0.294. The smallest absolute Gasteiger partial charge is 0.312 e. The molecule has 3 rings (SSSR count). The molecular weight excluding hydrogens is 368 g/mol. The number of carboxylic acid groups (broad SMARTS) is 1. The molecule has 0 spiro atoms. The molecule has 146 valence electrons. The van der Waals surface area contributed by atoms with Gasteiger partial charge < -0.3 is 9.84 Å². The van der Waals surface area contributed by atoms with E-state index in [0.717, 1.165) is 21.9 Å². The zero-order valence-electron chi connectivity index (χ0n) is 16.7. The van der Waals surface area contributed by atoms with Crippen LogP contribution in [0.4, 0.5) is 0 Å². The lowest BCUT2D eigenvalue weighted by molar-refractivity contribution is -0.138. The number of aliphatic carboxylic acids is 1. The third-order valence-corrected chi connectivity index (χ3v) is 5.70. The third-order valence-electron chi connectivity index (χ3n) is 4.72. The van der Waals surface area contributed by atoms with Gasteiger partial charge in [0.1, 0.15) is 11.5 Å². The van der Waals surface area contributed by atoms with Crippen LogP contribution in [0.2, 0.25) is 0 Å². The SMILES string of the molecule is Cc1ccc(Oc2ccc(CC(C(=O)O)c3cccs3)cc2)c(C(C)(C)C)c1. The Labute approximate surface area is 170 Å². The van der Waals surface area contributed by atoms with Crippen LogP contribution in [-0.2, 0) is 16.6 Å². The number of carboxylic acids is 1. The van der Waals surface area contributed by atoms with E-state index in [9.17, 15) is 9.90 Å². The molecule has 2 aromatic carbocycles. The fraction of sp³-hybridized carbons (Fsp3) is 0.292. The van der Waals surface area contributed by atoms with Gasteiger partial charge in [-0.15, -0.1) is 11.3 Å². The molecule has 0 radical (unpaired) electrons. The average Bonchev–Trinajstić information content (AvgIpc) is 3.15. The molecule has 1 atom stereocenters. The third kappa shape index (κ3) is 4.82. The van der Waals surface area contributed by atoms with Gasteiger partial charge in [0.15, 0.2) is 0 Å². The molecule has 0 bridgehead atoms. The van der Waals surface area contributed by atoms with Crippen molar-refractivity contribution >= 4 is 17.3 Å². The molecular formula is C24H26O3S. The number of hydrogen-bond acceptors (Lipinski definition) is 3. The fourth-order valence-corrected chi connectivity index (χ4v) is 3.99. The van der Waals surface area contributed by atoms with Crippen molar-refractivity contribution in [1.82, 2.24) is 0 Å². The highest BCUT2D eigenvalue weighted by Crippen LogP contribution is 2.35. The molecule has 3 nitrogen and oxygen atoms in total. The van der Waals surface area contributed by atoms with E-state index in [2.05, 4.69) is 39.8 Å². The van der Waals surface area contributed by atoms with Gasteiger partial charge in [0, 0.05) is 10.4 Å². The Kier molecular flexibility index (Phi) is 5.90. The number of carbonyl (C=O) groups is 1. The van der Waals surface area contributed by atoms with Gasteiger partial charge in [0.25, 0.3) is 0 Å². The first kappa shape index (κ1) is 20.2. The Morgan fingerprint density at radius 1 is 1.11 bits per heavy atom. The van der Waals surface area contributed by atoms with E-state index in [4.69, 9.17) is 4.74 Å². The molecule has 0 saturated carbocycles. The topological polar surface area (TPSA) is 46.5 Å². The Morgan fingerprint density at radius 2 is 1.82 bits per heavy atom. The van der Waals surface area contributed by atoms with Crippen LogP contribution in [0.15, 0.2) is 60.0 Å². The Balaban J connectivity index is 1.78. The van der Waals surface area contributed by atoms with E-state index in [1.54, 1.807) is 0 Å². The largest absolute Gasteiger partial charge is 0.481 e. The molecule has 1 aromatic heterocycles. The number of thiophene rings is 1. The molecule has 0 aliphatic carbocycles. The van der Waals surface area contributed by atoms with E-state index in [1.165, 1.54) is 22.5 Å². The summed E-state index contributed by atoms with van der Waals surface area (Å²) in [4.78, 5) is 12.5. The number of hydrogen-bond donors (Lipinski definition) is 1. The fourth-order valence-electron chi connectivity index (χ4n) is 3.17. The minimum Gasteiger partial charge on any atom is -0.481 e. The normalized spacial score (nSPS) is 12.6. The van der Waals surface area contributed by atoms with Crippen LogP contribution in [0, 0.1) is 6.92 Å². The van der Waals surface area contributed by atoms with Crippen LogP contribution in [0.25, 0.3) is 0 Å². The highest BCUT2D eigenvalue weighted by atomic mass is 32.1. The highest BCUT2D eigenvalue weighted by molar-refractivity contribution is 7.10. The number of rotatable bonds is 6. The first-order chi connectivity index (χ1) is 13.2. The first-order valence-electron chi connectivity index (χ1n) is 9.38. The molecule has 1 unspecified atom stereocenters. The molecule has 3 aromatic rings. The number of benzene rings is 2. The van der Waals surface area contributed by atoms with E-state index in [1.807, 2.05) is 47.8 Å². The van der Waals surface area contributed by atoms with Crippen molar-refractivity contribution in [3.63, 3.8) is 0 Å². The molecule has 0 fully saturated rings. The van der Waals surface area contributed by atoms with Crippen LogP contribution < -0.4 is 4.74 Å². The summed E-state index contributed by atoms with van der Waals surface area (Å²) in [5.41, 5.74) is 3.34. The Hall–Kier alpha value is -2.59. The maximum atomic E-state index is 11.7. The molecule has 1 N–H and O–H groups in total. The summed E-state index contributed by atoms with van der Waals surface area (Å²) in [6.07, 6.45) is 0.466. The molecule has 0 aliphatic heterocycles. The summed E-state index contributed by atoms with van der Waals surface area (Å²) in [6, 6.07) is 17.7. The first-order valence-corrected chi connectivity index (χ1v) is 10.3. The summed E-state index contributed by atoms with van der Waals surface area (Å²) in [5, 5.41) is 11.5. The van der Waals surface area contributed by atoms with E-state index < -0.39 is 11.9 Å². The van der Waals surface area contributed by atoms with Crippen LogP contribution in [-0.4, -0.2) is 11.1 Å². The predicted octanol–water partition coefficient (Wildman–Crippen LogP) is 6.56. The number of ether oxygens (including phenoxy) is 1. The lowest BCUT2D eigenvalue weighted by Crippen LogP contribution is -2.13. The summed E-state index contributed by atoms with van der Waals surface area (Å²) in [6.45, 7) is 8.61. The van der Waals surface area contributed by atoms with Gasteiger partial charge >= 0.3 is 5.97 Å². The van der Waals surface area contributed by atoms with Crippen molar-refractivity contribution < 1.29 is 14.6 Å². The van der Waals surface area contributed by atoms with Crippen LogP contribution in [0.3, 0.4) is 0 Å². The van der Waals surface area contributed by atoms with Gasteiger partial charge in [-0.1, -0.05) is 56.7 Å². The minimum absolute atomic E-state index is 0.0172. The van der Waals surface area contributed by atoms with Gasteiger partial charge in [-0.05, 0) is 54.0 Å². The zero-order valence-corrected chi connectivity index (χ0v) is 17.5. The van der Waals surface area contributed by atoms with Crippen LogP contribution >= 0.6 is 11.3 Å². The Bertz CT molecular complexity index is 935. The lowest BCUT2D eigenvalue weighted by Gasteiger charge is -2.23. The van der Waals surface area contributed by atoms with Crippen molar-refractivity contribution in [2.24, 2.45) is 0 Å². The van der Waals surface area contributed by atoms with Gasteiger partial charge in [-0.3, -0.25) is 4.79 Å². The van der Waals surface area contributed by atoms with Crippen molar-refractivity contribution in [1.29, 1.82) is 0 Å². The minimum atomic E-state index is -0.794. The van der Waals surface area contributed by atoms with Gasteiger partial charge in [0.2, 0.25) is 0 Å². The van der Waals surface area contributed by atoms with Crippen LogP contribution in [0.5, 0.6) is 11.5 Å². The second-order valence-corrected chi connectivity index (χ2v) is 9.09. The molecule has 0 saturated heterocycles. The molecule has 0 amide bonds. The molecule has 4 heteroatoms. The zero-order chi connectivity index (χ0) is 20.3. The van der Waals surface area contributed by atoms with Gasteiger partial charge in [0.05, 0.1) is 5.92 Å². The van der Waals surface area contributed by atoms with Gasteiger partial charge in [-0.25, -0.2) is 0 Å². The maximum Gasteiger partial charge on any atom is 0.312 e. The second-order valence-electron chi connectivity index (χ2n) is 8.11. The quantitative estimate of drug-likeness (QED) is 0.515. The van der Waals surface area contributed by atoms with Crippen LogP contribution in [0.1, 0.15) is 48.3 Å². The maximum absolute atomic E-state index is 11.7. The summed E-state index contributed by atoms with van der Waals surface area (Å²) >= 11 is 1.48. The van der Waals surface area contributed by atoms with Crippen molar-refractivity contribution in [3.05, 3.63) is 81.5 Å². The summed E-state index contributed by atoms with van der Waals surface area (Å²) in [7, 11) is 0. The molecule has 1 heterocycles. The van der Waals surface area contributed by atoms with E-state index in [-0.39, 0.29) is 5.41 Å². The Morgan fingerprint density at radius 3 is 2.39 bits per heavy atom. The van der Waals surface area contributed by atoms with Crippen molar-refractivity contribution in [2.75, 3.05) is 0 Å². The summed E-state index contributed by atoms with van der Waals surface area (Å²) < 4.78 is 6.16. The molecule has 28 heavy (non-hydrogen) atoms. The standard InChI is InChI=1S/C24H26O3S/c1-16-7-12-21(20(14-16)24(2,3)4)27-18-10-8-17(9-11-18)15-19(23(25)26)22-6-5-13-28-22/h5-14,19H,15H2,1-4H3,(H,25,26). The molecule has 0 aliphatic rings. The predicted molar refractivity (Wildman–Crippen MR) is 115 cm³/mol. The average molecular weight is 395 g/mol. The second kappa shape index (κ2) is 8.19. The number of aryl methyl sites for hydroxylation is 1. The van der Waals surface area contributed by atoms with E-state index >= 15 is 0 Å².